The zero-order chi connectivity index (χ0) is 21.9. The molecule has 1 aliphatic carbocycles. The van der Waals surface area contributed by atoms with Gasteiger partial charge >= 0.3 is 5.97 Å². The largest absolute Gasteiger partial charge is 0.493 e. The number of rotatable bonds is 6. The summed E-state index contributed by atoms with van der Waals surface area (Å²) in [6, 6.07) is 6.91. The van der Waals surface area contributed by atoms with Gasteiger partial charge in [0, 0.05) is 18.8 Å². The Morgan fingerprint density at radius 1 is 1.23 bits per heavy atom. The van der Waals surface area contributed by atoms with E-state index in [1.54, 1.807) is 18.2 Å². The number of carbonyl (C=O) groups is 1. The summed E-state index contributed by atoms with van der Waals surface area (Å²) in [6.07, 6.45) is 3.64. The number of hydrogen-bond donors (Lipinski definition) is 2. The number of esters is 1. The maximum absolute atomic E-state index is 13.0. The van der Waals surface area contributed by atoms with Crippen LogP contribution in [0.25, 0.3) is 0 Å². The predicted molar refractivity (Wildman–Crippen MR) is 111 cm³/mol. The van der Waals surface area contributed by atoms with Gasteiger partial charge in [-0.15, -0.1) is 0 Å². The molecule has 0 bridgehead atoms. The van der Waals surface area contributed by atoms with Crippen molar-refractivity contribution in [3.8, 4) is 17.6 Å². The molecule has 1 aromatic carbocycles. The second-order valence-electron chi connectivity index (χ2n) is 7.28. The number of methoxy groups -OCH3 is 2. The van der Waals surface area contributed by atoms with Crippen molar-refractivity contribution in [2.75, 3.05) is 14.2 Å². The van der Waals surface area contributed by atoms with E-state index in [0.717, 1.165) is 19.3 Å². The van der Waals surface area contributed by atoms with Crippen LogP contribution in [0.15, 0.2) is 29.7 Å². The van der Waals surface area contributed by atoms with E-state index in [0.29, 0.717) is 29.9 Å². The molecule has 0 radical (unpaired) electrons. The van der Waals surface area contributed by atoms with Crippen LogP contribution >= 0.6 is 12.2 Å². The molecule has 9 heteroatoms. The average Bonchev–Trinajstić information content (AvgIpc) is 2.72. The van der Waals surface area contributed by atoms with Crippen LogP contribution in [0.3, 0.4) is 0 Å². The van der Waals surface area contributed by atoms with Crippen LogP contribution < -0.4 is 15.2 Å². The van der Waals surface area contributed by atoms with Crippen molar-refractivity contribution in [3.63, 3.8) is 0 Å². The molecule has 1 aliphatic heterocycles. The maximum Gasteiger partial charge on any atom is 0.345 e. The van der Waals surface area contributed by atoms with Gasteiger partial charge in [0.25, 0.3) is 11.7 Å². The lowest BCUT2D eigenvalue weighted by Gasteiger charge is -2.40. The van der Waals surface area contributed by atoms with Crippen molar-refractivity contribution in [1.29, 1.82) is 5.26 Å². The van der Waals surface area contributed by atoms with Crippen LogP contribution in [0.1, 0.15) is 43.6 Å². The maximum atomic E-state index is 13.0. The predicted octanol–water partition coefficient (Wildman–Crippen LogP) is 3.22. The van der Waals surface area contributed by atoms with Gasteiger partial charge in [0.15, 0.2) is 11.5 Å². The summed E-state index contributed by atoms with van der Waals surface area (Å²) in [5.74, 6) is -3.75. The number of aliphatic hydroxyl groups excluding tert-OH is 1. The fraction of sp³-hybridized carbons (Fsp3) is 0.476. The first-order valence-electron chi connectivity index (χ1n) is 9.62. The highest BCUT2D eigenvalue weighted by Crippen LogP contribution is 2.44. The van der Waals surface area contributed by atoms with Crippen molar-refractivity contribution in [2.45, 2.75) is 43.8 Å². The van der Waals surface area contributed by atoms with Crippen molar-refractivity contribution < 1.29 is 28.8 Å². The number of ether oxygens (including phenoxy) is 4. The Labute approximate surface area is 180 Å². The molecule has 30 heavy (non-hydrogen) atoms. The fourth-order valence-electron chi connectivity index (χ4n) is 3.99. The second-order valence-corrected chi connectivity index (χ2v) is 7.75. The molecule has 1 saturated carbocycles. The van der Waals surface area contributed by atoms with Gasteiger partial charge in [-0.2, -0.15) is 5.26 Å². The summed E-state index contributed by atoms with van der Waals surface area (Å²) in [5.41, 5.74) is 6.07. The number of aliphatic hydroxyl groups is 1. The lowest BCUT2D eigenvalue weighted by molar-refractivity contribution is -0.250. The number of carbonyl (C=O) groups excluding carboxylic acids is 1. The highest BCUT2D eigenvalue weighted by atomic mass is 32.1. The van der Waals surface area contributed by atoms with Crippen LogP contribution in [0.5, 0.6) is 11.5 Å². The average molecular weight is 432 g/mol. The molecule has 3 N–H and O–H groups in total. The van der Waals surface area contributed by atoms with E-state index in [2.05, 4.69) is 0 Å². The summed E-state index contributed by atoms with van der Waals surface area (Å²) in [5, 5.41) is 20.5. The Kier molecular flexibility index (Phi) is 6.37. The SMILES string of the molecule is COc1ccc(C(C2=C(O)OC3(CCCCC3)OC2=O)C(C#N)C(N)=S)cc1OC. The molecule has 0 amide bonds. The Morgan fingerprint density at radius 2 is 1.90 bits per heavy atom. The first-order valence-corrected chi connectivity index (χ1v) is 10.0. The topological polar surface area (TPSA) is 124 Å². The molecule has 160 valence electrons. The fourth-order valence-corrected chi connectivity index (χ4v) is 4.18. The summed E-state index contributed by atoms with van der Waals surface area (Å²) in [6.45, 7) is 0. The van der Waals surface area contributed by atoms with Crippen molar-refractivity contribution in [2.24, 2.45) is 11.7 Å². The monoisotopic (exact) mass is 432 g/mol. The molecular formula is C21H24N2O6S. The zero-order valence-electron chi connectivity index (χ0n) is 16.8. The Balaban J connectivity index is 2.11. The van der Waals surface area contributed by atoms with E-state index in [9.17, 15) is 15.2 Å². The first-order chi connectivity index (χ1) is 14.4. The molecule has 0 aromatic heterocycles. The molecule has 2 aliphatic rings. The lowest BCUT2D eigenvalue weighted by Crippen LogP contribution is -2.45. The second kappa shape index (κ2) is 8.79. The molecular weight excluding hydrogens is 408 g/mol. The Morgan fingerprint density at radius 3 is 2.43 bits per heavy atom. The molecule has 1 aromatic rings. The van der Waals surface area contributed by atoms with Gasteiger partial charge < -0.3 is 29.8 Å². The van der Waals surface area contributed by atoms with E-state index < -0.39 is 29.5 Å². The highest BCUT2D eigenvalue weighted by Gasteiger charge is 2.48. The van der Waals surface area contributed by atoms with Gasteiger partial charge in [0.05, 0.1) is 25.3 Å². The number of hydrogen-bond acceptors (Lipinski definition) is 8. The quantitative estimate of drug-likeness (QED) is 0.515. The van der Waals surface area contributed by atoms with Crippen LogP contribution in [0.2, 0.25) is 0 Å². The molecule has 8 nitrogen and oxygen atoms in total. The number of benzene rings is 1. The third-order valence-electron chi connectivity index (χ3n) is 5.48. The van der Waals surface area contributed by atoms with Crippen molar-refractivity contribution in [1.82, 2.24) is 0 Å². The Bertz CT molecular complexity index is 917. The molecule has 2 unspecified atom stereocenters. The summed E-state index contributed by atoms with van der Waals surface area (Å²) >= 11 is 5.07. The van der Waals surface area contributed by atoms with Gasteiger partial charge in [0.2, 0.25) is 0 Å². The molecule has 1 heterocycles. The molecule has 1 spiro atoms. The first kappa shape index (κ1) is 21.7. The standard InChI is InChI=1S/C21H24N2O6S/c1-26-14-7-6-12(10-15(14)27-2)16(13(11-22)18(23)30)17-19(24)28-21(29-20(17)25)8-4-3-5-9-21/h6-7,10,13,16,24H,3-5,8-9H2,1-2H3,(H2,23,30). The Hall–Kier alpha value is -2.99. The summed E-state index contributed by atoms with van der Waals surface area (Å²) in [4.78, 5) is 12.9. The minimum atomic E-state index is -1.17. The minimum Gasteiger partial charge on any atom is -0.493 e. The number of thiocarbonyl (C=S) groups is 1. The van der Waals surface area contributed by atoms with Crippen LogP contribution in [0, 0.1) is 17.2 Å². The number of nitriles is 1. The highest BCUT2D eigenvalue weighted by molar-refractivity contribution is 7.80. The minimum absolute atomic E-state index is 0.122. The lowest BCUT2D eigenvalue weighted by atomic mass is 9.80. The normalized spacial score (nSPS) is 19.8. The van der Waals surface area contributed by atoms with Gasteiger partial charge in [-0.1, -0.05) is 24.7 Å². The van der Waals surface area contributed by atoms with Crippen molar-refractivity contribution >= 4 is 23.2 Å². The van der Waals surface area contributed by atoms with Crippen LogP contribution in [0.4, 0.5) is 0 Å². The molecule has 1 fully saturated rings. The number of nitrogens with two attached hydrogens (primary N) is 1. The van der Waals surface area contributed by atoms with Crippen LogP contribution in [-0.4, -0.2) is 36.1 Å². The van der Waals surface area contributed by atoms with Gasteiger partial charge in [0.1, 0.15) is 11.5 Å². The van der Waals surface area contributed by atoms with E-state index in [1.807, 2.05) is 6.07 Å². The smallest absolute Gasteiger partial charge is 0.345 e. The van der Waals surface area contributed by atoms with E-state index in [1.165, 1.54) is 14.2 Å². The summed E-state index contributed by atoms with van der Waals surface area (Å²) < 4.78 is 22.0. The molecule has 2 atom stereocenters. The van der Waals surface area contributed by atoms with E-state index in [-0.39, 0.29) is 10.6 Å². The van der Waals surface area contributed by atoms with Crippen LogP contribution in [-0.2, 0) is 14.3 Å². The summed E-state index contributed by atoms with van der Waals surface area (Å²) in [7, 11) is 2.96. The number of nitrogens with zero attached hydrogens (tertiary/aromatic N) is 1. The zero-order valence-corrected chi connectivity index (χ0v) is 17.7. The van der Waals surface area contributed by atoms with E-state index >= 15 is 0 Å². The third-order valence-corrected chi connectivity index (χ3v) is 5.74. The third kappa shape index (κ3) is 4.00. The van der Waals surface area contributed by atoms with E-state index in [4.69, 9.17) is 36.9 Å². The molecule has 0 saturated heterocycles. The van der Waals surface area contributed by atoms with Gasteiger partial charge in [-0.25, -0.2) is 4.79 Å². The van der Waals surface area contributed by atoms with Gasteiger partial charge in [-0.3, -0.25) is 0 Å². The van der Waals surface area contributed by atoms with Gasteiger partial charge in [-0.05, 0) is 30.5 Å². The molecule has 3 rings (SSSR count). The van der Waals surface area contributed by atoms with Crippen molar-refractivity contribution in [3.05, 3.63) is 35.3 Å².